The summed E-state index contributed by atoms with van der Waals surface area (Å²) >= 11 is 4.66. The molecule has 0 saturated heterocycles. The normalized spacial score (nSPS) is 25.8. The molecule has 0 fully saturated rings. The summed E-state index contributed by atoms with van der Waals surface area (Å²) in [5.74, 6) is 0.299. The Balaban J connectivity index is 2.21. The molecule has 0 radical (unpaired) electrons. The first-order valence-electron chi connectivity index (χ1n) is 11.3. The predicted octanol–water partition coefficient (Wildman–Crippen LogP) is 6.79. The highest BCUT2D eigenvalue weighted by molar-refractivity contribution is 7.81. The fourth-order valence-electron chi connectivity index (χ4n) is 3.81. The van der Waals surface area contributed by atoms with Crippen LogP contribution in [0.1, 0.15) is 98.3 Å². The molecule has 0 amide bonds. The number of rotatable bonds is 13. The third kappa shape index (κ3) is 10.9. The Hall–Kier alpha value is -0.510. The zero-order valence-corrected chi connectivity index (χ0v) is 19.6. The van der Waals surface area contributed by atoms with E-state index in [2.05, 4.69) is 51.6 Å². The van der Waals surface area contributed by atoms with Gasteiger partial charge in [0.05, 0.1) is 11.7 Å². The van der Waals surface area contributed by atoms with Gasteiger partial charge in [-0.15, -0.1) is 0 Å². The molecule has 4 unspecified atom stereocenters. The summed E-state index contributed by atoms with van der Waals surface area (Å²) in [4.78, 5) is 0. The van der Waals surface area contributed by atoms with E-state index in [1.165, 1.54) is 30.4 Å². The van der Waals surface area contributed by atoms with Crippen molar-refractivity contribution in [3.05, 3.63) is 35.5 Å². The van der Waals surface area contributed by atoms with E-state index in [0.29, 0.717) is 5.92 Å². The minimum absolute atomic E-state index is 0.267. The maximum atomic E-state index is 10.6. The van der Waals surface area contributed by atoms with Crippen LogP contribution < -0.4 is 0 Å². The Morgan fingerprint density at radius 3 is 2.64 bits per heavy atom. The number of hydrogen-bond acceptors (Lipinski definition) is 3. The first kappa shape index (κ1) is 25.5. The fourth-order valence-corrected chi connectivity index (χ4v) is 4.33. The third-order valence-corrected chi connectivity index (χ3v) is 6.48. The smallest absolute Gasteiger partial charge is 0.0750 e. The summed E-state index contributed by atoms with van der Waals surface area (Å²) in [6, 6.07) is 0. The number of hydrogen-bond donors (Lipinski definition) is 3. The molecule has 0 spiro atoms. The lowest BCUT2D eigenvalue weighted by Crippen LogP contribution is -2.26. The van der Waals surface area contributed by atoms with E-state index in [-0.39, 0.29) is 11.4 Å². The van der Waals surface area contributed by atoms with Crippen LogP contribution in [-0.2, 0) is 0 Å². The van der Waals surface area contributed by atoms with Crippen LogP contribution in [0.25, 0.3) is 0 Å². The SMILES string of the molecule is CCCC/C=C(\C)CCCC(C)(O)CCC/C=C/CC1=CC(O)C(C)CC1S. The molecule has 2 nitrogen and oxygen atoms in total. The quantitative estimate of drug-likeness (QED) is 0.178. The molecule has 1 rings (SSSR count). The fraction of sp³-hybridized carbons (Fsp3) is 0.760. The molecule has 3 heteroatoms. The molecule has 1 aliphatic rings. The van der Waals surface area contributed by atoms with Gasteiger partial charge in [-0.1, -0.05) is 62.1 Å². The van der Waals surface area contributed by atoms with Crippen molar-refractivity contribution in [1.82, 2.24) is 0 Å². The molecule has 0 aromatic rings. The van der Waals surface area contributed by atoms with Crippen LogP contribution >= 0.6 is 12.6 Å². The second kappa shape index (κ2) is 13.7. The topological polar surface area (TPSA) is 40.5 Å². The minimum atomic E-state index is -0.556. The zero-order valence-electron chi connectivity index (χ0n) is 18.7. The van der Waals surface area contributed by atoms with Crippen molar-refractivity contribution < 1.29 is 10.2 Å². The van der Waals surface area contributed by atoms with Gasteiger partial charge in [0.25, 0.3) is 0 Å². The van der Waals surface area contributed by atoms with Gasteiger partial charge in [-0.05, 0) is 77.6 Å². The molecule has 0 bridgehead atoms. The van der Waals surface area contributed by atoms with Crippen molar-refractivity contribution in [3.8, 4) is 0 Å². The van der Waals surface area contributed by atoms with Gasteiger partial charge in [0, 0.05) is 5.25 Å². The standard InChI is InChI=1S/C25H44O2S/c1-5-6-9-13-20(2)14-12-17-25(4,27)16-11-8-7-10-15-22-19-23(26)21(3)18-24(22)28/h7,10,13,19,21,23-24,26-28H,5-6,8-9,11-12,14-18H2,1-4H3/b10-7+,20-13+. The molecule has 28 heavy (non-hydrogen) atoms. The summed E-state index contributed by atoms with van der Waals surface area (Å²) in [7, 11) is 0. The second-order valence-corrected chi connectivity index (χ2v) is 9.70. The van der Waals surface area contributed by atoms with Crippen molar-refractivity contribution in [3.63, 3.8) is 0 Å². The van der Waals surface area contributed by atoms with Gasteiger partial charge in [0.2, 0.25) is 0 Å². The average Bonchev–Trinajstić information content (AvgIpc) is 2.62. The van der Waals surface area contributed by atoms with Crippen LogP contribution in [0.3, 0.4) is 0 Å². The number of allylic oxidation sites excluding steroid dienone is 4. The molecule has 0 heterocycles. The van der Waals surface area contributed by atoms with Gasteiger partial charge < -0.3 is 10.2 Å². The van der Waals surface area contributed by atoms with Crippen molar-refractivity contribution in [2.75, 3.05) is 0 Å². The van der Waals surface area contributed by atoms with E-state index in [1.807, 2.05) is 13.0 Å². The first-order valence-corrected chi connectivity index (χ1v) is 11.9. The minimum Gasteiger partial charge on any atom is -0.390 e. The maximum Gasteiger partial charge on any atom is 0.0750 e. The Morgan fingerprint density at radius 1 is 1.21 bits per heavy atom. The maximum absolute atomic E-state index is 10.6. The van der Waals surface area contributed by atoms with Crippen LogP contribution in [0.2, 0.25) is 0 Å². The molecule has 0 aromatic heterocycles. The zero-order chi connectivity index (χ0) is 21.0. The highest BCUT2D eigenvalue weighted by Gasteiger charge is 2.24. The highest BCUT2D eigenvalue weighted by Crippen LogP contribution is 2.30. The predicted molar refractivity (Wildman–Crippen MR) is 126 cm³/mol. The summed E-state index contributed by atoms with van der Waals surface area (Å²) in [6.07, 6.45) is 19.9. The molecule has 162 valence electrons. The number of thiol groups is 1. The van der Waals surface area contributed by atoms with Gasteiger partial charge >= 0.3 is 0 Å². The van der Waals surface area contributed by atoms with Gasteiger partial charge in [-0.2, -0.15) is 12.6 Å². The molecule has 2 N–H and O–H groups in total. The van der Waals surface area contributed by atoms with Crippen molar-refractivity contribution in [2.24, 2.45) is 5.92 Å². The van der Waals surface area contributed by atoms with E-state index in [1.54, 1.807) is 0 Å². The van der Waals surface area contributed by atoms with Crippen LogP contribution in [-0.4, -0.2) is 27.2 Å². The molecule has 0 aromatic carbocycles. The van der Waals surface area contributed by atoms with Crippen molar-refractivity contribution in [1.29, 1.82) is 0 Å². The lowest BCUT2D eigenvalue weighted by atomic mass is 9.87. The summed E-state index contributed by atoms with van der Waals surface area (Å²) < 4.78 is 0. The highest BCUT2D eigenvalue weighted by atomic mass is 32.1. The molecular weight excluding hydrogens is 364 g/mol. The molecule has 1 aliphatic carbocycles. The summed E-state index contributed by atoms with van der Waals surface area (Å²) in [6.45, 7) is 8.50. The molecule has 0 saturated carbocycles. The second-order valence-electron chi connectivity index (χ2n) is 9.07. The Morgan fingerprint density at radius 2 is 1.93 bits per heavy atom. The Labute approximate surface area is 179 Å². The first-order chi connectivity index (χ1) is 13.2. The van der Waals surface area contributed by atoms with Crippen LogP contribution in [0.4, 0.5) is 0 Å². The van der Waals surface area contributed by atoms with Crippen LogP contribution in [0.5, 0.6) is 0 Å². The van der Waals surface area contributed by atoms with Crippen LogP contribution in [0, 0.1) is 5.92 Å². The largest absolute Gasteiger partial charge is 0.390 e. The van der Waals surface area contributed by atoms with Crippen LogP contribution in [0.15, 0.2) is 35.5 Å². The van der Waals surface area contributed by atoms with E-state index in [9.17, 15) is 10.2 Å². The van der Waals surface area contributed by atoms with Gasteiger partial charge in [0.1, 0.15) is 0 Å². The number of aliphatic hydroxyl groups is 2. The lowest BCUT2D eigenvalue weighted by molar-refractivity contribution is 0.0383. The average molecular weight is 409 g/mol. The van der Waals surface area contributed by atoms with Crippen molar-refractivity contribution >= 4 is 12.6 Å². The Bertz CT molecular complexity index is 519. The van der Waals surface area contributed by atoms with E-state index in [4.69, 9.17) is 0 Å². The third-order valence-electron chi connectivity index (χ3n) is 5.93. The van der Waals surface area contributed by atoms with Gasteiger partial charge in [0.15, 0.2) is 0 Å². The summed E-state index contributed by atoms with van der Waals surface area (Å²) in [5, 5.41) is 20.9. The Kier molecular flexibility index (Phi) is 12.5. The number of unbranched alkanes of at least 4 members (excludes halogenated alkanes) is 3. The van der Waals surface area contributed by atoms with E-state index in [0.717, 1.165) is 51.4 Å². The number of aliphatic hydroxyl groups excluding tert-OH is 1. The monoisotopic (exact) mass is 408 g/mol. The van der Waals surface area contributed by atoms with Crippen molar-refractivity contribution in [2.45, 2.75) is 115 Å². The molecular formula is C25H44O2S. The van der Waals surface area contributed by atoms with Gasteiger partial charge in [-0.25, -0.2) is 0 Å². The van der Waals surface area contributed by atoms with Gasteiger partial charge in [-0.3, -0.25) is 0 Å². The lowest BCUT2D eigenvalue weighted by Gasteiger charge is -2.28. The molecule has 4 atom stereocenters. The summed E-state index contributed by atoms with van der Waals surface area (Å²) in [5.41, 5.74) is 2.14. The van der Waals surface area contributed by atoms with E-state index >= 15 is 0 Å². The van der Waals surface area contributed by atoms with E-state index < -0.39 is 5.60 Å². The molecule has 0 aliphatic heterocycles.